The zero-order valence-corrected chi connectivity index (χ0v) is 14.6. The number of carbonyl (C=O) groups is 1. The molecule has 100 valence electrons. The lowest BCUT2D eigenvalue weighted by Gasteiger charge is -2.36. The molecule has 18 heavy (non-hydrogen) atoms. The second-order valence-electron chi connectivity index (χ2n) is 5.78. The van der Waals surface area contributed by atoms with Gasteiger partial charge in [-0.2, -0.15) is 0 Å². The van der Waals surface area contributed by atoms with Crippen LogP contribution in [0.1, 0.15) is 31.1 Å². The first-order chi connectivity index (χ1) is 8.08. The van der Waals surface area contributed by atoms with E-state index in [9.17, 15) is 4.79 Å². The Labute approximate surface area is 123 Å². The standard InChI is InChI=1S/C13H18BrClO2Si/c1-13(2,3)18(4,5)17-12-7-10(14)11(15)6-9(12)8-16/h6-8H,1-5H3. The Morgan fingerprint density at radius 1 is 1.33 bits per heavy atom. The molecule has 5 heteroatoms. The van der Waals surface area contributed by atoms with Crippen molar-refractivity contribution >= 4 is 42.1 Å². The molecule has 0 atom stereocenters. The summed E-state index contributed by atoms with van der Waals surface area (Å²) in [5, 5.41) is 0.596. The first-order valence-corrected chi connectivity index (χ1v) is 9.79. The van der Waals surface area contributed by atoms with Crippen molar-refractivity contribution < 1.29 is 9.22 Å². The van der Waals surface area contributed by atoms with Crippen LogP contribution in [0, 0.1) is 0 Å². The molecule has 0 fully saturated rings. The second-order valence-corrected chi connectivity index (χ2v) is 11.8. The lowest BCUT2D eigenvalue weighted by Crippen LogP contribution is -2.44. The Hall–Kier alpha value is -0.323. The zero-order valence-electron chi connectivity index (χ0n) is 11.3. The van der Waals surface area contributed by atoms with E-state index < -0.39 is 8.32 Å². The predicted octanol–water partition coefficient (Wildman–Crippen LogP) is 5.30. The van der Waals surface area contributed by atoms with Gasteiger partial charge in [-0.1, -0.05) is 32.4 Å². The van der Waals surface area contributed by atoms with E-state index in [4.69, 9.17) is 16.0 Å². The molecule has 1 aromatic rings. The van der Waals surface area contributed by atoms with Gasteiger partial charge < -0.3 is 4.43 Å². The molecule has 0 radical (unpaired) electrons. The fourth-order valence-corrected chi connectivity index (χ4v) is 2.68. The molecule has 0 heterocycles. The first-order valence-electron chi connectivity index (χ1n) is 5.72. The van der Waals surface area contributed by atoms with Crippen LogP contribution in [-0.2, 0) is 0 Å². The third kappa shape index (κ3) is 3.37. The molecule has 0 aromatic heterocycles. The summed E-state index contributed by atoms with van der Waals surface area (Å²) in [5.74, 6) is 0.605. The van der Waals surface area contributed by atoms with Gasteiger partial charge in [-0.3, -0.25) is 4.79 Å². The van der Waals surface area contributed by atoms with Crippen LogP contribution in [-0.4, -0.2) is 14.6 Å². The smallest absolute Gasteiger partial charge is 0.250 e. The Kier molecular flexibility index (Phi) is 4.68. The normalized spacial score (nSPS) is 12.4. The van der Waals surface area contributed by atoms with Crippen LogP contribution in [0.15, 0.2) is 16.6 Å². The lowest BCUT2D eigenvalue weighted by atomic mass is 10.2. The van der Waals surface area contributed by atoms with Crippen molar-refractivity contribution in [2.24, 2.45) is 0 Å². The largest absolute Gasteiger partial charge is 0.543 e. The van der Waals surface area contributed by atoms with Crippen LogP contribution < -0.4 is 4.43 Å². The first kappa shape index (κ1) is 15.7. The van der Waals surface area contributed by atoms with Gasteiger partial charge in [-0.05, 0) is 46.2 Å². The number of aldehydes is 1. The minimum Gasteiger partial charge on any atom is -0.543 e. The van der Waals surface area contributed by atoms with Crippen molar-refractivity contribution in [1.29, 1.82) is 0 Å². The fraction of sp³-hybridized carbons (Fsp3) is 0.462. The number of benzene rings is 1. The Balaban J connectivity index is 3.19. The highest BCUT2D eigenvalue weighted by molar-refractivity contribution is 9.10. The van der Waals surface area contributed by atoms with Crippen molar-refractivity contribution in [3.8, 4) is 5.75 Å². The van der Waals surface area contributed by atoms with Gasteiger partial charge in [-0.25, -0.2) is 0 Å². The zero-order chi connectivity index (χ0) is 14.1. The van der Waals surface area contributed by atoms with Crippen LogP contribution in [0.25, 0.3) is 0 Å². The molecule has 0 unspecified atom stereocenters. The Morgan fingerprint density at radius 3 is 2.33 bits per heavy atom. The Morgan fingerprint density at radius 2 is 1.89 bits per heavy atom. The monoisotopic (exact) mass is 348 g/mol. The fourth-order valence-electron chi connectivity index (χ4n) is 1.15. The van der Waals surface area contributed by atoms with Crippen molar-refractivity contribution in [3.63, 3.8) is 0 Å². The van der Waals surface area contributed by atoms with Crippen molar-refractivity contribution in [2.75, 3.05) is 0 Å². The van der Waals surface area contributed by atoms with Gasteiger partial charge in [0.15, 0.2) is 6.29 Å². The molecule has 0 amide bonds. The summed E-state index contributed by atoms with van der Waals surface area (Å²) in [6.07, 6.45) is 0.779. The molecule has 0 saturated heterocycles. The van der Waals surface area contributed by atoms with Gasteiger partial charge in [0.25, 0.3) is 8.32 Å². The lowest BCUT2D eigenvalue weighted by molar-refractivity contribution is 0.112. The summed E-state index contributed by atoms with van der Waals surface area (Å²) in [4.78, 5) is 11.1. The molecule has 1 rings (SSSR count). The topological polar surface area (TPSA) is 26.3 Å². The van der Waals surface area contributed by atoms with E-state index in [1.54, 1.807) is 12.1 Å². The van der Waals surface area contributed by atoms with Crippen molar-refractivity contribution in [1.82, 2.24) is 0 Å². The molecular weight excluding hydrogens is 332 g/mol. The SMILES string of the molecule is CC(C)(C)[Si](C)(C)Oc1cc(Br)c(Cl)cc1C=O. The molecule has 0 aliphatic carbocycles. The summed E-state index contributed by atoms with van der Waals surface area (Å²) in [6.45, 7) is 10.8. The van der Waals surface area contributed by atoms with E-state index >= 15 is 0 Å². The number of hydrogen-bond donors (Lipinski definition) is 0. The average Bonchev–Trinajstić information content (AvgIpc) is 2.21. The molecule has 0 spiro atoms. The maximum absolute atomic E-state index is 11.1. The maximum Gasteiger partial charge on any atom is 0.250 e. The van der Waals surface area contributed by atoms with Crippen LogP contribution >= 0.6 is 27.5 Å². The second kappa shape index (κ2) is 5.35. The van der Waals surface area contributed by atoms with Gasteiger partial charge in [0.05, 0.1) is 10.6 Å². The number of rotatable bonds is 3. The van der Waals surface area contributed by atoms with E-state index in [0.717, 1.165) is 10.8 Å². The molecule has 0 aliphatic heterocycles. The van der Waals surface area contributed by atoms with Crippen LogP contribution in [0.5, 0.6) is 5.75 Å². The van der Waals surface area contributed by atoms with E-state index in [0.29, 0.717) is 16.3 Å². The molecule has 0 N–H and O–H groups in total. The average molecular weight is 350 g/mol. The summed E-state index contributed by atoms with van der Waals surface area (Å²) < 4.78 is 6.88. The van der Waals surface area contributed by atoms with Gasteiger partial charge >= 0.3 is 0 Å². The Bertz CT molecular complexity index is 467. The van der Waals surface area contributed by atoms with Gasteiger partial charge in [0.1, 0.15) is 5.75 Å². The van der Waals surface area contributed by atoms with Crippen LogP contribution in [0.2, 0.25) is 23.2 Å². The summed E-state index contributed by atoms with van der Waals surface area (Å²) >= 11 is 9.33. The van der Waals surface area contributed by atoms with Crippen molar-refractivity contribution in [2.45, 2.75) is 38.9 Å². The van der Waals surface area contributed by atoms with Gasteiger partial charge in [0, 0.05) is 4.47 Å². The third-order valence-electron chi connectivity index (χ3n) is 3.35. The highest BCUT2D eigenvalue weighted by Gasteiger charge is 2.39. The quantitative estimate of drug-likeness (QED) is 0.547. The molecule has 1 aromatic carbocycles. The van der Waals surface area contributed by atoms with E-state index in [-0.39, 0.29) is 5.04 Å². The molecule has 0 bridgehead atoms. The molecular formula is C13H18BrClO2Si. The number of carbonyl (C=O) groups excluding carboxylic acids is 1. The summed E-state index contributed by atoms with van der Waals surface area (Å²) in [5.41, 5.74) is 0.494. The maximum atomic E-state index is 11.1. The predicted molar refractivity (Wildman–Crippen MR) is 82.4 cm³/mol. The van der Waals surface area contributed by atoms with Gasteiger partial charge in [0.2, 0.25) is 0 Å². The van der Waals surface area contributed by atoms with E-state index in [2.05, 4.69) is 49.8 Å². The van der Waals surface area contributed by atoms with E-state index in [1.807, 2.05) is 0 Å². The van der Waals surface area contributed by atoms with E-state index in [1.165, 1.54) is 0 Å². The van der Waals surface area contributed by atoms with Gasteiger partial charge in [-0.15, -0.1) is 0 Å². The summed E-state index contributed by atoms with van der Waals surface area (Å²) in [6, 6.07) is 3.40. The molecule has 0 aliphatic rings. The third-order valence-corrected chi connectivity index (χ3v) is 8.89. The number of halogens is 2. The number of hydrogen-bond acceptors (Lipinski definition) is 2. The molecule has 0 saturated carbocycles. The minimum atomic E-state index is -1.96. The van der Waals surface area contributed by atoms with Crippen molar-refractivity contribution in [3.05, 3.63) is 27.2 Å². The minimum absolute atomic E-state index is 0.0826. The van der Waals surface area contributed by atoms with Crippen LogP contribution in [0.4, 0.5) is 0 Å². The molecule has 2 nitrogen and oxygen atoms in total. The van der Waals surface area contributed by atoms with Crippen LogP contribution in [0.3, 0.4) is 0 Å². The highest BCUT2D eigenvalue weighted by Crippen LogP contribution is 2.39. The highest BCUT2D eigenvalue weighted by atomic mass is 79.9. The summed E-state index contributed by atoms with van der Waals surface area (Å²) in [7, 11) is -1.96.